The molecule has 0 fully saturated rings. The molecule has 0 aliphatic rings. The zero-order valence-corrected chi connectivity index (χ0v) is 16.4. The second-order valence-corrected chi connectivity index (χ2v) is 6.94. The molecule has 0 unspecified atom stereocenters. The first-order valence-corrected chi connectivity index (χ1v) is 9.47. The van der Waals surface area contributed by atoms with Crippen molar-refractivity contribution in [1.29, 1.82) is 0 Å². The Hall–Kier alpha value is -3.31. The van der Waals surface area contributed by atoms with Crippen LogP contribution in [0.2, 0.25) is 0 Å². The van der Waals surface area contributed by atoms with E-state index in [4.69, 9.17) is 4.74 Å². The monoisotopic (exact) mass is 391 g/mol. The molecule has 0 radical (unpaired) electrons. The van der Waals surface area contributed by atoms with Gasteiger partial charge in [-0.2, -0.15) is 0 Å². The number of phenols is 2. The Morgan fingerprint density at radius 3 is 1.86 bits per heavy atom. The fourth-order valence-corrected chi connectivity index (χ4v) is 3.33. The van der Waals surface area contributed by atoms with E-state index >= 15 is 0 Å². The number of carbonyl (C=O) groups excluding carboxylic acids is 1. The highest BCUT2D eigenvalue weighted by molar-refractivity contribution is 5.76. The Morgan fingerprint density at radius 1 is 0.828 bits per heavy atom. The average molecular weight is 391 g/mol. The third-order valence-electron chi connectivity index (χ3n) is 4.84. The van der Waals surface area contributed by atoms with E-state index < -0.39 is 6.04 Å². The van der Waals surface area contributed by atoms with Crippen molar-refractivity contribution in [2.45, 2.75) is 25.6 Å². The van der Waals surface area contributed by atoms with Crippen LogP contribution in [0.1, 0.15) is 16.7 Å². The zero-order chi connectivity index (χ0) is 20.6. The van der Waals surface area contributed by atoms with Gasteiger partial charge in [0.2, 0.25) is 0 Å². The van der Waals surface area contributed by atoms with Crippen LogP contribution in [0, 0.1) is 0 Å². The van der Waals surface area contributed by atoms with Crippen molar-refractivity contribution >= 4 is 5.97 Å². The number of benzene rings is 3. The number of carbonyl (C=O) groups is 1. The Labute approximate surface area is 170 Å². The lowest BCUT2D eigenvalue weighted by Crippen LogP contribution is -2.42. The highest BCUT2D eigenvalue weighted by Crippen LogP contribution is 2.27. The number of esters is 1. The van der Waals surface area contributed by atoms with Gasteiger partial charge in [-0.05, 0) is 35.2 Å². The minimum atomic E-state index is -0.552. The maximum atomic E-state index is 12.7. The summed E-state index contributed by atoms with van der Waals surface area (Å²) in [5.74, 6) is -0.734. The molecular formula is C24H25NO4. The minimum Gasteiger partial charge on any atom is -0.504 e. The van der Waals surface area contributed by atoms with Crippen molar-refractivity contribution in [3.05, 3.63) is 95.6 Å². The normalized spacial score (nSPS) is 11.9. The van der Waals surface area contributed by atoms with Crippen LogP contribution >= 0.6 is 0 Å². The molecule has 5 nitrogen and oxygen atoms in total. The van der Waals surface area contributed by atoms with Gasteiger partial charge >= 0.3 is 5.97 Å². The van der Waals surface area contributed by atoms with Crippen LogP contribution in [-0.4, -0.2) is 34.2 Å². The van der Waals surface area contributed by atoms with Crippen LogP contribution in [0.3, 0.4) is 0 Å². The standard InChI is InChI=1S/C24H25NO4/c1-29-24(28)21(14-20-12-13-22(26)23(27)15-20)25(16-18-8-4-2-5-9-18)17-19-10-6-3-7-11-19/h2-13,15,21,26-27H,14,16-17H2,1H3/t21-/m0/s1. The topological polar surface area (TPSA) is 70.0 Å². The smallest absolute Gasteiger partial charge is 0.323 e. The van der Waals surface area contributed by atoms with Gasteiger partial charge < -0.3 is 14.9 Å². The van der Waals surface area contributed by atoms with Crippen molar-refractivity contribution in [2.24, 2.45) is 0 Å². The molecule has 0 aliphatic carbocycles. The minimum absolute atomic E-state index is 0.186. The summed E-state index contributed by atoms with van der Waals surface area (Å²) in [4.78, 5) is 14.8. The molecule has 0 saturated heterocycles. The third kappa shape index (κ3) is 5.59. The quantitative estimate of drug-likeness (QED) is 0.450. The zero-order valence-electron chi connectivity index (χ0n) is 16.4. The lowest BCUT2D eigenvalue weighted by atomic mass is 10.0. The molecule has 3 aromatic rings. The summed E-state index contributed by atoms with van der Waals surface area (Å²) in [7, 11) is 1.38. The molecule has 0 aromatic heterocycles. The Bertz CT molecular complexity index is 887. The molecule has 5 heteroatoms. The molecule has 0 amide bonds. The van der Waals surface area contributed by atoms with Gasteiger partial charge in [-0.3, -0.25) is 9.69 Å². The van der Waals surface area contributed by atoms with Crippen LogP contribution in [0.15, 0.2) is 78.9 Å². The molecule has 0 bridgehead atoms. The van der Waals surface area contributed by atoms with Crippen molar-refractivity contribution in [1.82, 2.24) is 4.90 Å². The van der Waals surface area contributed by atoms with E-state index in [0.29, 0.717) is 19.5 Å². The van der Waals surface area contributed by atoms with Gasteiger partial charge in [-0.15, -0.1) is 0 Å². The Balaban J connectivity index is 1.92. The lowest BCUT2D eigenvalue weighted by Gasteiger charge is -2.30. The second kappa shape index (κ2) is 9.75. The molecular weight excluding hydrogens is 366 g/mol. The van der Waals surface area contributed by atoms with Gasteiger partial charge in [0.1, 0.15) is 6.04 Å². The summed E-state index contributed by atoms with van der Waals surface area (Å²) >= 11 is 0. The largest absolute Gasteiger partial charge is 0.504 e. The second-order valence-electron chi connectivity index (χ2n) is 6.94. The first-order chi connectivity index (χ1) is 14.1. The van der Waals surface area contributed by atoms with Gasteiger partial charge in [-0.1, -0.05) is 66.7 Å². The van der Waals surface area contributed by atoms with E-state index in [1.165, 1.54) is 19.2 Å². The number of hydrogen-bond acceptors (Lipinski definition) is 5. The predicted molar refractivity (Wildman–Crippen MR) is 111 cm³/mol. The molecule has 0 aliphatic heterocycles. The summed E-state index contributed by atoms with van der Waals surface area (Å²) in [6, 6.07) is 24.0. The fourth-order valence-electron chi connectivity index (χ4n) is 3.33. The van der Waals surface area contributed by atoms with Crippen molar-refractivity contribution < 1.29 is 19.7 Å². The molecule has 3 rings (SSSR count). The van der Waals surface area contributed by atoms with E-state index in [1.54, 1.807) is 6.07 Å². The molecule has 0 heterocycles. The molecule has 0 spiro atoms. The summed E-state index contributed by atoms with van der Waals surface area (Å²) in [6.07, 6.45) is 0.347. The fraction of sp³-hybridized carbons (Fsp3) is 0.208. The summed E-state index contributed by atoms with van der Waals surface area (Å²) in [5, 5.41) is 19.4. The maximum absolute atomic E-state index is 12.7. The first-order valence-electron chi connectivity index (χ1n) is 9.47. The number of rotatable bonds is 8. The summed E-state index contributed by atoms with van der Waals surface area (Å²) in [6.45, 7) is 1.14. The number of nitrogens with zero attached hydrogens (tertiary/aromatic N) is 1. The Kier molecular flexibility index (Phi) is 6.87. The number of phenolic OH excluding ortho intramolecular Hbond substituents is 2. The molecule has 2 N–H and O–H groups in total. The van der Waals surface area contributed by atoms with Gasteiger partial charge in [0.25, 0.3) is 0 Å². The number of aromatic hydroxyl groups is 2. The first kappa shape index (κ1) is 20.4. The molecule has 1 atom stereocenters. The highest BCUT2D eigenvalue weighted by atomic mass is 16.5. The van der Waals surface area contributed by atoms with Crippen molar-refractivity contribution in [3.63, 3.8) is 0 Å². The van der Waals surface area contributed by atoms with Gasteiger partial charge in [0, 0.05) is 13.1 Å². The van der Waals surface area contributed by atoms with E-state index in [-0.39, 0.29) is 17.5 Å². The molecule has 0 saturated carbocycles. The summed E-state index contributed by atoms with van der Waals surface area (Å²) in [5.41, 5.74) is 2.92. The molecule has 3 aromatic carbocycles. The van der Waals surface area contributed by atoms with E-state index in [2.05, 4.69) is 4.90 Å². The maximum Gasteiger partial charge on any atom is 0.323 e. The van der Waals surface area contributed by atoms with Crippen molar-refractivity contribution in [2.75, 3.05) is 7.11 Å². The van der Waals surface area contributed by atoms with E-state index in [0.717, 1.165) is 16.7 Å². The van der Waals surface area contributed by atoms with E-state index in [9.17, 15) is 15.0 Å². The number of methoxy groups -OCH3 is 1. The van der Waals surface area contributed by atoms with Gasteiger partial charge in [0.15, 0.2) is 11.5 Å². The molecule has 29 heavy (non-hydrogen) atoms. The lowest BCUT2D eigenvalue weighted by molar-refractivity contribution is -0.147. The van der Waals surface area contributed by atoms with E-state index in [1.807, 2.05) is 60.7 Å². The predicted octanol–water partition coefficient (Wildman–Crippen LogP) is 3.88. The summed E-state index contributed by atoms with van der Waals surface area (Å²) < 4.78 is 5.10. The SMILES string of the molecule is COC(=O)[C@H](Cc1ccc(O)c(O)c1)N(Cc1ccccc1)Cc1ccccc1. The van der Waals surface area contributed by atoms with Gasteiger partial charge in [0.05, 0.1) is 7.11 Å². The van der Waals surface area contributed by atoms with Gasteiger partial charge in [-0.25, -0.2) is 0 Å². The third-order valence-corrected chi connectivity index (χ3v) is 4.84. The van der Waals surface area contributed by atoms with Crippen LogP contribution in [0.25, 0.3) is 0 Å². The van der Waals surface area contributed by atoms with Crippen LogP contribution < -0.4 is 0 Å². The number of hydrogen-bond donors (Lipinski definition) is 2. The van der Waals surface area contributed by atoms with Crippen LogP contribution in [0.4, 0.5) is 0 Å². The van der Waals surface area contributed by atoms with Crippen molar-refractivity contribution in [3.8, 4) is 11.5 Å². The molecule has 150 valence electrons. The van der Waals surface area contributed by atoms with Crippen LogP contribution in [-0.2, 0) is 29.0 Å². The average Bonchev–Trinajstić information content (AvgIpc) is 2.75. The van der Waals surface area contributed by atoms with Crippen LogP contribution in [0.5, 0.6) is 11.5 Å². The highest BCUT2D eigenvalue weighted by Gasteiger charge is 2.28. The number of ether oxygens (including phenoxy) is 1. The Morgan fingerprint density at radius 2 is 1.38 bits per heavy atom.